The molecule has 0 bridgehead atoms. The molecule has 4 aromatic rings. The van der Waals surface area contributed by atoms with E-state index in [-0.39, 0.29) is 5.75 Å². The molecule has 2 N–H and O–H groups in total. The number of aromatic nitrogens is 2. The highest BCUT2D eigenvalue weighted by molar-refractivity contribution is 5.78. The Bertz CT molecular complexity index is 1260. The van der Waals surface area contributed by atoms with Gasteiger partial charge < -0.3 is 15.3 Å². The summed E-state index contributed by atoms with van der Waals surface area (Å²) in [5.74, 6) is -1.00. The van der Waals surface area contributed by atoms with E-state index in [4.69, 9.17) is 0 Å². The molecular formula is C26H28FN5O. The summed E-state index contributed by atoms with van der Waals surface area (Å²) in [5, 5.41) is 13.0. The van der Waals surface area contributed by atoms with Crippen LogP contribution in [0.3, 0.4) is 0 Å². The first-order valence-corrected chi connectivity index (χ1v) is 11.3. The molecule has 5 rings (SSSR count). The quantitative estimate of drug-likeness (QED) is 0.447. The minimum Gasteiger partial charge on any atom is -0.505 e. The highest BCUT2D eigenvalue weighted by atomic mass is 19.1. The molecule has 0 amide bonds. The van der Waals surface area contributed by atoms with Crippen molar-refractivity contribution in [2.24, 2.45) is 0 Å². The number of fused-ring (bicyclic) bond motifs is 1. The number of benzene rings is 2. The van der Waals surface area contributed by atoms with E-state index in [1.165, 1.54) is 17.8 Å². The monoisotopic (exact) mass is 445 g/mol. The van der Waals surface area contributed by atoms with E-state index in [0.717, 1.165) is 48.9 Å². The fourth-order valence-electron chi connectivity index (χ4n) is 4.42. The summed E-state index contributed by atoms with van der Waals surface area (Å²) < 4.78 is 15.8. The van der Waals surface area contributed by atoms with E-state index in [9.17, 15) is 9.50 Å². The summed E-state index contributed by atoms with van der Waals surface area (Å²) in [6.45, 7) is 8.77. The zero-order valence-electron chi connectivity index (χ0n) is 18.9. The van der Waals surface area contributed by atoms with Gasteiger partial charge in [-0.25, -0.2) is 9.37 Å². The van der Waals surface area contributed by atoms with Crippen LogP contribution in [-0.2, 0) is 0 Å². The number of hydrogen-bond acceptors (Lipinski definition) is 5. The van der Waals surface area contributed by atoms with E-state index < -0.39 is 5.82 Å². The highest BCUT2D eigenvalue weighted by Gasteiger charge is 2.19. The van der Waals surface area contributed by atoms with Gasteiger partial charge in [0.2, 0.25) is 0 Å². The topological polar surface area (TPSA) is 56.0 Å². The summed E-state index contributed by atoms with van der Waals surface area (Å²) in [5.41, 5.74) is 5.29. The van der Waals surface area contributed by atoms with Gasteiger partial charge >= 0.3 is 0 Å². The zero-order chi connectivity index (χ0) is 22.9. The van der Waals surface area contributed by atoms with Crippen LogP contribution in [0.5, 0.6) is 5.75 Å². The lowest BCUT2D eigenvalue weighted by Crippen LogP contribution is -2.48. The van der Waals surface area contributed by atoms with Crippen LogP contribution in [0.4, 0.5) is 21.5 Å². The summed E-state index contributed by atoms with van der Waals surface area (Å²) in [6, 6.07) is 17.3. The Labute approximate surface area is 192 Å². The number of pyridine rings is 1. The van der Waals surface area contributed by atoms with E-state index >= 15 is 0 Å². The number of rotatable bonds is 5. The molecule has 7 heteroatoms. The van der Waals surface area contributed by atoms with Gasteiger partial charge in [-0.2, -0.15) is 0 Å². The van der Waals surface area contributed by atoms with Crippen LogP contribution in [0, 0.1) is 5.82 Å². The fraction of sp³-hybridized carbons (Fsp3) is 0.269. The molecule has 0 atom stereocenters. The second kappa shape index (κ2) is 8.75. The number of nitrogens with zero attached hydrogens (tertiary/aromatic N) is 4. The van der Waals surface area contributed by atoms with Crippen molar-refractivity contribution < 1.29 is 9.50 Å². The summed E-state index contributed by atoms with van der Waals surface area (Å²) in [4.78, 5) is 9.44. The van der Waals surface area contributed by atoms with Gasteiger partial charge in [-0.05, 0) is 68.4 Å². The largest absolute Gasteiger partial charge is 0.505 e. The maximum atomic E-state index is 13.9. The Morgan fingerprint density at radius 2 is 1.73 bits per heavy atom. The second-order valence-corrected chi connectivity index (χ2v) is 8.71. The molecular weight excluding hydrogens is 417 g/mol. The van der Waals surface area contributed by atoms with Crippen molar-refractivity contribution in [1.29, 1.82) is 0 Å². The van der Waals surface area contributed by atoms with Crippen molar-refractivity contribution >= 4 is 22.7 Å². The van der Waals surface area contributed by atoms with Gasteiger partial charge in [0.05, 0.1) is 11.4 Å². The van der Waals surface area contributed by atoms with Gasteiger partial charge in [-0.1, -0.05) is 0 Å². The Balaban J connectivity index is 1.35. The lowest BCUT2D eigenvalue weighted by Gasteiger charge is -2.38. The molecule has 0 aliphatic carbocycles. The van der Waals surface area contributed by atoms with Crippen LogP contribution in [0.25, 0.3) is 16.9 Å². The molecule has 0 spiro atoms. The summed E-state index contributed by atoms with van der Waals surface area (Å²) in [6.07, 6.45) is 3.57. The fourth-order valence-corrected chi connectivity index (χ4v) is 4.42. The van der Waals surface area contributed by atoms with E-state index in [1.54, 1.807) is 12.3 Å². The predicted octanol–water partition coefficient (Wildman–Crippen LogP) is 5.12. The van der Waals surface area contributed by atoms with Gasteiger partial charge in [0.15, 0.2) is 17.2 Å². The molecule has 3 heterocycles. The minimum atomic E-state index is -0.645. The smallest absolute Gasteiger partial charge is 0.165 e. The molecule has 2 aromatic carbocycles. The standard InChI is InChI=1S/C26H28FN5O/c1-18(2)30-13-15-31(16-14-30)21-6-4-20(5-7-21)29-23-8-9-24(32-12-11-28-26(23)32)19-3-10-25(33)22(27)17-19/h3-12,17-18,29,33H,13-16H2,1-2H3. The molecule has 0 unspecified atom stereocenters. The Kier molecular flexibility index (Phi) is 5.64. The van der Waals surface area contributed by atoms with Gasteiger partial charge in [0.25, 0.3) is 0 Å². The van der Waals surface area contributed by atoms with Crippen molar-refractivity contribution in [3.8, 4) is 17.0 Å². The number of phenolic OH excluding ortho intramolecular Hbond substituents is 1. The zero-order valence-corrected chi connectivity index (χ0v) is 18.9. The van der Waals surface area contributed by atoms with E-state index in [2.05, 4.69) is 58.2 Å². The average molecular weight is 446 g/mol. The molecule has 6 nitrogen and oxygen atoms in total. The Morgan fingerprint density at radius 1 is 0.970 bits per heavy atom. The lowest BCUT2D eigenvalue weighted by molar-refractivity contribution is 0.209. The number of halogens is 1. The molecule has 170 valence electrons. The van der Waals surface area contributed by atoms with Crippen LogP contribution in [0.15, 0.2) is 67.0 Å². The van der Waals surface area contributed by atoms with Crippen molar-refractivity contribution in [1.82, 2.24) is 14.3 Å². The lowest BCUT2D eigenvalue weighted by atomic mass is 10.1. The number of piperazine rings is 1. The van der Waals surface area contributed by atoms with Gasteiger partial charge in [0, 0.05) is 61.6 Å². The van der Waals surface area contributed by atoms with Crippen molar-refractivity contribution in [2.75, 3.05) is 36.4 Å². The molecule has 1 fully saturated rings. The third-order valence-corrected chi connectivity index (χ3v) is 6.35. The SMILES string of the molecule is CC(C)N1CCN(c2ccc(Nc3ccc(-c4ccc(O)c(F)c4)n4ccnc34)cc2)CC1. The molecule has 33 heavy (non-hydrogen) atoms. The van der Waals surface area contributed by atoms with Crippen LogP contribution in [-0.4, -0.2) is 51.6 Å². The second-order valence-electron chi connectivity index (χ2n) is 8.71. The third-order valence-electron chi connectivity index (χ3n) is 6.35. The third kappa shape index (κ3) is 4.24. The van der Waals surface area contributed by atoms with Crippen molar-refractivity contribution in [3.63, 3.8) is 0 Å². The molecule has 1 saturated heterocycles. The highest BCUT2D eigenvalue weighted by Crippen LogP contribution is 2.30. The predicted molar refractivity (Wildman–Crippen MR) is 131 cm³/mol. The van der Waals surface area contributed by atoms with Crippen LogP contribution in [0.1, 0.15) is 13.8 Å². The van der Waals surface area contributed by atoms with E-state index in [0.29, 0.717) is 11.6 Å². The molecule has 2 aromatic heterocycles. The summed E-state index contributed by atoms with van der Waals surface area (Å²) >= 11 is 0. The molecule has 0 radical (unpaired) electrons. The van der Waals surface area contributed by atoms with Gasteiger partial charge in [-0.3, -0.25) is 9.30 Å². The molecule has 0 saturated carbocycles. The number of hydrogen-bond donors (Lipinski definition) is 2. The first-order valence-electron chi connectivity index (χ1n) is 11.3. The maximum absolute atomic E-state index is 13.9. The number of phenols is 1. The van der Waals surface area contributed by atoms with Crippen molar-refractivity contribution in [3.05, 3.63) is 72.8 Å². The first-order chi connectivity index (χ1) is 16.0. The number of aromatic hydroxyl groups is 1. The first kappa shape index (κ1) is 21.3. The average Bonchev–Trinajstić information content (AvgIpc) is 3.32. The van der Waals surface area contributed by atoms with Crippen LogP contribution in [0.2, 0.25) is 0 Å². The van der Waals surface area contributed by atoms with E-state index in [1.807, 2.05) is 22.7 Å². The maximum Gasteiger partial charge on any atom is 0.165 e. The van der Waals surface area contributed by atoms with Gasteiger partial charge in [0.1, 0.15) is 0 Å². The normalized spacial score (nSPS) is 14.8. The minimum absolute atomic E-state index is 0.357. The van der Waals surface area contributed by atoms with Crippen LogP contribution < -0.4 is 10.2 Å². The van der Waals surface area contributed by atoms with Gasteiger partial charge in [-0.15, -0.1) is 0 Å². The Morgan fingerprint density at radius 3 is 2.42 bits per heavy atom. The van der Waals surface area contributed by atoms with Crippen LogP contribution >= 0.6 is 0 Å². The van der Waals surface area contributed by atoms with Crippen molar-refractivity contribution in [2.45, 2.75) is 19.9 Å². The molecule has 1 aliphatic rings. The number of imidazole rings is 1. The molecule has 1 aliphatic heterocycles. The number of anilines is 3. The summed E-state index contributed by atoms with van der Waals surface area (Å²) in [7, 11) is 0. The Hall–Kier alpha value is -3.58. The number of nitrogens with one attached hydrogen (secondary N) is 1.